The fourth-order valence-corrected chi connectivity index (χ4v) is 3.44. The molecule has 0 radical (unpaired) electrons. The molecule has 1 heteroatoms. The highest BCUT2D eigenvalue weighted by atomic mass is 15.1. The molecule has 3 aromatic rings. The number of anilines is 3. The van der Waals surface area contributed by atoms with Crippen molar-refractivity contribution in [2.24, 2.45) is 0 Å². The van der Waals surface area contributed by atoms with Gasteiger partial charge in [-0.15, -0.1) is 0 Å². The van der Waals surface area contributed by atoms with Crippen LogP contribution in [0.15, 0.2) is 66.7 Å². The third-order valence-electron chi connectivity index (χ3n) is 5.03. The molecule has 4 rings (SSSR count). The number of hydrogen-bond acceptors (Lipinski definition) is 1. The van der Waals surface area contributed by atoms with Crippen LogP contribution in [0.5, 0.6) is 0 Å². The maximum atomic E-state index is 2.40. The van der Waals surface area contributed by atoms with Gasteiger partial charge in [0.15, 0.2) is 0 Å². The summed E-state index contributed by atoms with van der Waals surface area (Å²) >= 11 is 0. The highest BCUT2D eigenvalue weighted by Gasteiger charge is 2.22. The molecule has 0 fully saturated rings. The summed E-state index contributed by atoms with van der Waals surface area (Å²) in [5, 5.41) is 0. The Hall–Kier alpha value is -2.54. The minimum Gasteiger partial charge on any atom is -0.310 e. The smallest absolute Gasteiger partial charge is 0.0496 e. The Balaban J connectivity index is 1.85. The minimum absolute atomic E-state index is 1.07. The second kappa shape index (κ2) is 6.16. The van der Waals surface area contributed by atoms with Crippen molar-refractivity contribution in [2.45, 2.75) is 33.1 Å². The van der Waals surface area contributed by atoms with Gasteiger partial charge in [0.25, 0.3) is 0 Å². The van der Waals surface area contributed by atoms with Crippen LogP contribution in [-0.4, -0.2) is 0 Å². The van der Waals surface area contributed by atoms with E-state index in [9.17, 15) is 0 Å². The molecule has 1 aliphatic rings. The number of fused-ring (bicyclic) bond motifs is 1. The van der Waals surface area contributed by atoms with Gasteiger partial charge in [-0.05, 0) is 73.2 Å². The zero-order valence-corrected chi connectivity index (χ0v) is 14.4. The van der Waals surface area contributed by atoms with Gasteiger partial charge in [0.2, 0.25) is 0 Å². The Labute approximate surface area is 144 Å². The lowest BCUT2D eigenvalue weighted by atomic mass is 9.86. The van der Waals surface area contributed by atoms with E-state index < -0.39 is 0 Å². The second-order valence-corrected chi connectivity index (χ2v) is 6.61. The van der Waals surface area contributed by atoms with Gasteiger partial charge in [0.05, 0.1) is 0 Å². The first kappa shape index (κ1) is 15.0. The van der Waals surface area contributed by atoms with Crippen molar-refractivity contribution in [3.63, 3.8) is 0 Å². The highest BCUT2D eigenvalue weighted by molar-refractivity contribution is 5.80. The molecule has 0 unspecified atom stereocenters. The van der Waals surface area contributed by atoms with Gasteiger partial charge < -0.3 is 4.90 Å². The van der Waals surface area contributed by atoms with Crippen molar-refractivity contribution in [1.29, 1.82) is 0 Å². The molecule has 0 spiro atoms. The molecule has 0 amide bonds. The van der Waals surface area contributed by atoms with Crippen molar-refractivity contribution < 1.29 is 0 Å². The molecule has 0 aromatic heterocycles. The molecule has 120 valence electrons. The van der Waals surface area contributed by atoms with E-state index in [0.29, 0.717) is 0 Å². The molecule has 0 N–H and O–H groups in total. The molecule has 0 saturated carbocycles. The van der Waals surface area contributed by atoms with E-state index in [1.807, 2.05) is 0 Å². The summed E-state index contributed by atoms with van der Waals surface area (Å²) in [6, 6.07) is 24.5. The number of rotatable bonds is 4. The third kappa shape index (κ3) is 2.60. The summed E-state index contributed by atoms with van der Waals surface area (Å²) < 4.78 is 0. The van der Waals surface area contributed by atoms with E-state index in [2.05, 4.69) is 85.5 Å². The summed E-state index contributed by atoms with van der Waals surface area (Å²) in [5.41, 5.74) is 9.45. The van der Waals surface area contributed by atoms with Crippen LogP contribution in [0.3, 0.4) is 0 Å². The normalized spacial score (nSPS) is 12.4. The quantitative estimate of drug-likeness (QED) is 0.560. The lowest BCUT2D eigenvalue weighted by Crippen LogP contribution is -2.18. The Morgan fingerprint density at radius 2 is 1.46 bits per heavy atom. The first-order chi connectivity index (χ1) is 11.8. The molecule has 24 heavy (non-hydrogen) atoms. The molecule has 0 aliphatic heterocycles. The van der Waals surface area contributed by atoms with Crippen LogP contribution in [0.4, 0.5) is 17.1 Å². The van der Waals surface area contributed by atoms with Crippen LogP contribution in [0.25, 0.3) is 0 Å². The number of benzene rings is 3. The Kier molecular flexibility index (Phi) is 3.86. The van der Waals surface area contributed by atoms with Gasteiger partial charge in [-0.3, -0.25) is 0 Å². The average molecular weight is 313 g/mol. The van der Waals surface area contributed by atoms with Crippen LogP contribution in [-0.2, 0) is 19.3 Å². The topological polar surface area (TPSA) is 3.24 Å². The number of hydrogen-bond donors (Lipinski definition) is 0. The van der Waals surface area contributed by atoms with E-state index in [1.54, 1.807) is 0 Å². The molecular formula is C23H23N. The predicted octanol–water partition coefficient (Wildman–Crippen LogP) is 6.13. The van der Waals surface area contributed by atoms with E-state index in [4.69, 9.17) is 0 Å². The van der Waals surface area contributed by atoms with Crippen LogP contribution >= 0.6 is 0 Å². The molecule has 0 heterocycles. The molecule has 3 aromatic carbocycles. The summed E-state index contributed by atoms with van der Waals surface area (Å²) in [6.45, 7) is 4.34. The SMILES string of the molecule is CCc1ccc(N(c2ccc(C)cc2)c2cccc3c2CC3)cc1. The summed E-state index contributed by atoms with van der Waals surface area (Å²) in [4.78, 5) is 2.40. The van der Waals surface area contributed by atoms with Crippen LogP contribution in [0, 0.1) is 6.92 Å². The van der Waals surface area contributed by atoms with E-state index >= 15 is 0 Å². The first-order valence-electron chi connectivity index (χ1n) is 8.83. The molecule has 0 atom stereocenters. The van der Waals surface area contributed by atoms with E-state index in [-0.39, 0.29) is 0 Å². The largest absolute Gasteiger partial charge is 0.310 e. The molecule has 1 aliphatic carbocycles. The number of nitrogens with zero attached hydrogens (tertiary/aromatic N) is 1. The fourth-order valence-electron chi connectivity index (χ4n) is 3.44. The van der Waals surface area contributed by atoms with Gasteiger partial charge in [-0.25, -0.2) is 0 Å². The molecule has 0 bridgehead atoms. The Bertz CT molecular complexity index is 844. The van der Waals surface area contributed by atoms with Crippen LogP contribution < -0.4 is 4.90 Å². The molecule has 1 nitrogen and oxygen atoms in total. The fraction of sp³-hybridized carbons (Fsp3) is 0.217. The van der Waals surface area contributed by atoms with Gasteiger partial charge in [-0.2, -0.15) is 0 Å². The summed E-state index contributed by atoms with van der Waals surface area (Å²) in [7, 11) is 0. The maximum absolute atomic E-state index is 2.40. The third-order valence-corrected chi connectivity index (χ3v) is 5.03. The first-order valence-corrected chi connectivity index (χ1v) is 8.83. The zero-order valence-electron chi connectivity index (χ0n) is 14.4. The van der Waals surface area contributed by atoms with Gasteiger partial charge in [0, 0.05) is 17.1 Å². The van der Waals surface area contributed by atoms with Crippen molar-refractivity contribution in [1.82, 2.24) is 0 Å². The van der Waals surface area contributed by atoms with Gasteiger partial charge in [-0.1, -0.05) is 48.9 Å². The Morgan fingerprint density at radius 1 is 0.792 bits per heavy atom. The van der Waals surface area contributed by atoms with E-state index in [1.165, 1.54) is 52.2 Å². The molecule has 0 saturated heterocycles. The van der Waals surface area contributed by atoms with Crippen molar-refractivity contribution in [3.8, 4) is 0 Å². The van der Waals surface area contributed by atoms with Crippen LogP contribution in [0.1, 0.15) is 29.2 Å². The molecular weight excluding hydrogens is 290 g/mol. The standard InChI is InChI=1S/C23H23N/c1-3-18-9-14-21(15-10-18)24(20-12-7-17(2)8-13-20)23-6-4-5-19-11-16-22(19)23/h4-10,12-15H,3,11,16H2,1-2H3. The monoisotopic (exact) mass is 313 g/mol. The lowest BCUT2D eigenvalue weighted by Gasteiger charge is -2.32. The lowest BCUT2D eigenvalue weighted by molar-refractivity contribution is 0.837. The van der Waals surface area contributed by atoms with Crippen molar-refractivity contribution >= 4 is 17.1 Å². The van der Waals surface area contributed by atoms with Gasteiger partial charge >= 0.3 is 0 Å². The minimum atomic E-state index is 1.07. The zero-order chi connectivity index (χ0) is 16.5. The average Bonchev–Trinajstić information content (AvgIpc) is 2.59. The van der Waals surface area contributed by atoms with E-state index in [0.717, 1.165) is 6.42 Å². The summed E-state index contributed by atoms with van der Waals surface area (Å²) in [6.07, 6.45) is 3.46. The summed E-state index contributed by atoms with van der Waals surface area (Å²) in [5.74, 6) is 0. The van der Waals surface area contributed by atoms with Crippen molar-refractivity contribution in [3.05, 3.63) is 89.0 Å². The maximum Gasteiger partial charge on any atom is 0.0496 e. The second-order valence-electron chi connectivity index (χ2n) is 6.61. The van der Waals surface area contributed by atoms with Crippen LogP contribution in [0.2, 0.25) is 0 Å². The van der Waals surface area contributed by atoms with Crippen molar-refractivity contribution in [2.75, 3.05) is 4.90 Å². The van der Waals surface area contributed by atoms with Gasteiger partial charge in [0.1, 0.15) is 0 Å². The predicted molar refractivity (Wildman–Crippen MR) is 103 cm³/mol. The Morgan fingerprint density at radius 3 is 2.04 bits per heavy atom. The highest BCUT2D eigenvalue weighted by Crippen LogP contribution is 2.41. The number of aryl methyl sites for hydroxylation is 3.